The van der Waals surface area contributed by atoms with Gasteiger partial charge in [0.1, 0.15) is 6.61 Å². The molecule has 0 unspecified atom stereocenters. The molecule has 2 heterocycles. The van der Waals surface area contributed by atoms with E-state index < -0.39 is 6.10 Å². The van der Waals surface area contributed by atoms with Crippen molar-refractivity contribution in [3.8, 4) is 11.5 Å². The Morgan fingerprint density at radius 2 is 2.09 bits per heavy atom. The Balaban J connectivity index is 1.40. The van der Waals surface area contributed by atoms with Crippen molar-refractivity contribution in [3.63, 3.8) is 0 Å². The number of para-hydroxylation sites is 2. The van der Waals surface area contributed by atoms with Crippen LogP contribution in [-0.2, 0) is 9.53 Å². The van der Waals surface area contributed by atoms with E-state index in [4.69, 9.17) is 26.4 Å². The van der Waals surface area contributed by atoms with Crippen LogP contribution in [-0.4, -0.2) is 43.0 Å². The van der Waals surface area contributed by atoms with Gasteiger partial charge in [-0.15, -0.1) is 0 Å². The van der Waals surface area contributed by atoms with Gasteiger partial charge in [0.15, 0.2) is 16.6 Å². The lowest BCUT2D eigenvalue weighted by Crippen LogP contribution is -2.53. The van der Waals surface area contributed by atoms with Gasteiger partial charge in [-0.1, -0.05) is 12.1 Å². The molecule has 1 fully saturated rings. The fourth-order valence-electron chi connectivity index (χ4n) is 2.40. The van der Waals surface area contributed by atoms with Crippen LogP contribution in [0, 0.1) is 0 Å². The van der Waals surface area contributed by atoms with Gasteiger partial charge in [-0.05, 0) is 37.2 Å². The number of hydrazine groups is 1. The third kappa shape index (κ3) is 4.23. The van der Waals surface area contributed by atoms with Gasteiger partial charge in [0.25, 0.3) is 5.91 Å². The molecular weight excluding hydrogens is 318 g/mol. The predicted octanol–water partition coefficient (Wildman–Crippen LogP) is 0.501. The van der Waals surface area contributed by atoms with Crippen molar-refractivity contribution < 1.29 is 19.0 Å². The predicted molar refractivity (Wildman–Crippen MR) is 87.2 cm³/mol. The fraction of sp³-hybridized carbons (Fsp3) is 0.467. The Hall–Kier alpha value is -2.06. The molecule has 2 aliphatic heterocycles. The Morgan fingerprint density at radius 1 is 1.26 bits per heavy atom. The maximum Gasteiger partial charge on any atom is 0.283 e. The van der Waals surface area contributed by atoms with Crippen LogP contribution in [0.5, 0.6) is 11.5 Å². The van der Waals surface area contributed by atoms with E-state index in [1.165, 1.54) is 0 Å². The second-order valence-electron chi connectivity index (χ2n) is 5.32. The molecule has 1 saturated heterocycles. The Labute approximate surface area is 139 Å². The molecule has 0 bridgehead atoms. The molecule has 0 radical (unpaired) electrons. The molecular formula is C15H19N3O4S. The zero-order valence-electron chi connectivity index (χ0n) is 12.5. The summed E-state index contributed by atoms with van der Waals surface area (Å²) in [6.07, 6.45) is 1.55. The lowest BCUT2D eigenvalue weighted by atomic mass is 10.2. The van der Waals surface area contributed by atoms with Gasteiger partial charge in [-0.25, -0.2) is 0 Å². The molecule has 2 aliphatic rings. The highest BCUT2D eigenvalue weighted by Crippen LogP contribution is 2.30. The highest BCUT2D eigenvalue weighted by Gasteiger charge is 2.27. The molecule has 124 valence electrons. The molecule has 0 aromatic heterocycles. The minimum Gasteiger partial charge on any atom is -0.485 e. The molecule has 3 N–H and O–H groups in total. The van der Waals surface area contributed by atoms with Gasteiger partial charge < -0.3 is 19.5 Å². The summed E-state index contributed by atoms with van der Waals surface area (Å²) in [5.41, 5.74) is 5.18. The number of thiocarbonyl (C=S) groups is 1. The second-order valence-corrected chi connectivity index (χ2v) is 5.73. The lowest BCUT2D eigenvalue weighted by Gasteiger charge is -2.25. The van der Waals surface area contributed by atoms with Crippen LogP contribution in [0.3, 0.4) is 0 Å². The van der Waals surface area contributed by atoms with Gasteiger partial charge in [0.2, 0.25) is 6.10 Å². The van der Waals surface area contributed by atoms with Crippen molar-refractivity contribution in [1.29, 1.82) is 0 Å². The zero-order valence-corrected chi connectivity index (χ0v) is 13.4. The van der Waals surface area contributed by atoms with E-state index in [0.717, 1.165) is 19.4 Å². The quantitative estimate of drug-likeness (QED) is 0.547. The maximum absolute atomic E-state index is 12.1. The highest BCUT2D eigenvalue weighted by molar-refractivity contribution is 7.80. The molecule has 3 rings (SSSR count). The molecule has 0 saturated carbocycles. The Morgan fingerprint density at radius 3 is 2.87 bits per heavy atom. The van der Waals surface area contributed by atoms with E-state index in [0.29, 0.717) is 23.2 Å². The van der Waals surface area contributed by atoms with Crippen molar-refractivity contribution in [2.45, 2.75) is 25.0 Å². The number of nitrogens with one attached hydrogen (secondary N) is 3. The maximum atomic E-state index is 12.1. The van der Waals surface area contributed by atoms with Crippen molar-refractivity contribution in [2.75, 3.05) is 19.8 Å². The summed E-state index contributed by atoms with van der Waals surface area (Å²) in [5, 5.41) is 3.35. The topological polar surface area (TPSA) is 80.9 Å². The minimum atomic E-state index is -0.724. The third-order valence-corrected chi connectivity index (χ3v) is 3.86. The van der Waals surface area contributed by atoms with Crippen molar-refractivity contribution in [3.05, 3.63) is 24.3 Å². The normalized spacial score (nSPS) is 22.3. The molecule has 1 aromatic rings. The monoisotopic (exact) mass is 337 g/mol. The van der Waals surface area contributed by atoms with E-state index in [1.807, 2.05) is 12.1 Å². The molecule has 7 nitrogen and oxygen atoms in total. The van der Waals surface area contributed by atoms with E-state index >= 15 is 0 Å². The van der Waals surface area contributed by atoms with Crippen LogP contribution >= 0.6 is 12.2 Å². The van der Waals surface area contributed by atoms with E-state index in [2.05, 4.69) is 16.2 Å². The van der Waals surface area contributed by atoms with Crippen LogP contribution in [0.1, 0.15) is 12.8 Å². The number of ether oxygens (including phenoxy) is 3. The standard InChI is InChI=1S/C15H19N3O4S/c19-14(13-9-21-11-5-1-2-6-12(11)22-13)17-18-15(23)16-8-10-4-3-7-20-10/h1-2,5-6,10,13H,3-4,7-9H2,(H,17,19)(H2,16,18,23)/t10-,13-/m1/s1. The fourth-order valence-corrected chi connectivity index (χ4v) is 2.54. The van der Waals surface area contributed by atoms with Gasteiger partial charge in [-0.2, -0.15) is 0 Å². The number of rotatable bonds is 3. The highest BCUT2D eigenvalue weighted by atomic mass is 32.1. The van der Waals surface area contributed by atoms with E-state index in [-0.39, 0.29) is 18.6 Å². The van der Waals surface area contributed by atoms with E-state index in [9.17, 15) is 4.79 Å². The molecule has 8 heteroatoms. The number of hydrogen-bond donors (Lipinski definition) is 3. The van der Waals surface area contributed by atoms with Crippen LogP contribution in [0.25, 0.3) is 0 Å². The van der Waals surface area contributed by atoms with Gasteiger partial charge >= 0.3 is 0 Å². The first-order valence-corrected chi connectivity index (χ1v) is 7.97. The second kappa shape index (κ2) is 7.47. The summed E-state index contributed by atoms with van der Waals surface area (Å²) in [7, 11) is 0. The average molecular weight is 337 g/mol. The number of hydrogen-bond acceptors (Lipinski definition) is 5. The molecule has 1 amide bonds. The lowest BCUT2D eigenvalue weighted by molar-refractivity contribution is -0.130. The number of carbonyl (C=O) groups excluding carboxylic acids is 1. The number of fused-ring (bicyclic) bond motifs is 1. The SMILES string of the molecule is O=C(NNC(=S)NC[C@H]1CCCO1)[C@H]1COc2ccccc2O1. The zero-order chi connectivity index (χ0) is 16.1. The number of benzene rings is 1. The number of carbonyl (C=O) groups is 1. The molecule has 2 atom stereocenters. The Kier molecular flexibility index (Phi) is 5.14. The molecule has 0 aliphatic carbocycles. The van der Waals surface area contributed by atoms with Gasteiger partial charge in [-0.3, -0.25) is 15.6 Å². The largest absolute Gasteiger partial charge is 0.485 e. The first kappa shape index (κ1) is 15.8. The summed E-state index contributed by atoms with van der Waals surface area (Å²) in [6.45, 7) is 1.57. The summed E-state index contributed by atoms with van der Waals surface area (Å²) in [5.74, 6) is 0.844. The molecule has 1 aromatic carbocycles. The first-order chi connectivity index (χ1) is 11.2. The number of amides is 1. The van der Waals surface area contributed by atoms with Crippen LogP contribution in [0.2, 0.25) is 0 Å². The van der Waals surface area contributed by atoms with Crippen LogP contribution in [0.15, 0.2) is 24.3 Å². The molecule has 23 heavy (non-hydrogen) atoms. The summed E-state index contributed by atoms with van der Waals surface area (Å²) < 4.78 is 16.6. The van der Waals surface area contributed by atoms with Crippen molar-refractivity contribution in [2.24, 2.45) is 0 Å². The third-order valence-electron chi connectivity index (χ3n) is 3.61. The van der Waals surface area contributed by atoms with Gasteiger partial charge in [0, 0.05) is 13.2 Å². The van der Waals surface area contributed by atoms with Crippen molar-refractivity contribution >= 4 is 23.2 Å². The van der Waals surface area contributed by atoms with Crippen molar-refractivity contribution in [1.82, 2.24) is 16.2 Å². The minimum absolute atomic E-state index is 0.153. The summed E-state index contributed by atoms with van der Waals surface area (Å²) in [4.78, 5) is 12.1. The van der Waals surface area contributed by atoms with E-state index in [1.54, 1.807) is 12.1 Å². The first-order valence-electron chi connectivity index (χ1n) is 7.56. The van der Waals surface area contributed by atoms with Crippen LogP contribution in [0.4, 0.5) is 0 Å². The average Bonchev–Trinajstić information content (AvgIpc) is 3.11. The van der Waals surface area contributed by atoms with Gasteiger partial charge in [0.05, 0.1) is 6.10 Å². The smallest absolute Gasteiger partial charge is 0.283 e. The van der Waals surface area contributed by atoms with Crippen LogP contribution < -0.4 is 25.6 Å². The summed E-state index contributed by atoms with van der Waals surface area (Å²) >= 11 is 5.11. The summed E-state index contributed by atoms with van der Waals surface area (Å²) in [6, 6.07) is 7.23. The Bertz CT molecular complexity index is 578. The molecule has 0 spiro atoms.